The van der Waals surface area contributed by atoms with Crippen LogP contribution >= 0.6 is 22.7 Å². The van der Waals surface area contributed by atoms with Crippen molar-refractivity contribution in [2.75, 3.05) is 26.2 Å². The van der Waals surface area contributed by atoms with Crippen molar-refractivity contribution in [1.29, 1.82) is 0 Å². The lowest BCUT2D eigenvalue weighted by Gasteiger charge is -2.34. The molecule has 2 amide bonds. The lowest BCUT2D eigenvalue weighted by atomic mass is 9.95. The number of fused-ring (bicyclic) bond motifs is 1. The Bertz CT molecular complexity index is 1330. The molecular weight excluding hydrogens is 476 g/mol. The quantitative estimate of drug-likeness (QED) is 0.332. The normalized spacial score (nSPS) is 15.9. The van der Waals surface area contributed by atoms with Crippen LogP contribution in [0.1, 0.15) is 37.0 Å². The maximum absolute atomic E-state index is 13.4. The first-order valence-corrected chi connectivity index (χ1v) is 13.8. The lowest BCUT2D eigenvalue weighted by Crippen LogP contribution is -2.46. The number of carbonyl (C=O) groups is 2. The molecule has 180 valence electrons. The first-order valence-electron chi connectivity index (χ1n) is 12.1. The van der Waals surface area contributed by atoms with Crippen molar-refractivity contribution in [3.05, 3.63) is 58.8 Å². The molecule has 0 unspecified atom stereocenters. The maximum Gasteiger partial charge on any atom is 0.253 e. The van der Waals surface area contributed by atoms with Gasteiger partial charge in [0.25, 0.3) is 5.91 Å². The second kappa shape index (κ2) is 10.3. The highest BCUT2D eigenvalue weighted by atomic mass is 32.1. The van der Waals surface area contributed by atoms with Crippen LogP contribution in [-0.2, 0) is 4.79 Å². The summed E-state index contributed by atoms with van der Waals surface area (Å²) in [4.78, 5) is 42.1. The number of piperidine rings is 1. The molecule has 1 fully saturated rings. The minimum Gasteiger partial charge on any atom is -0.343 e. The van der Waals surface area contributed by atoms with Gasteiger partial charge < -0.3 is 9.80 Å². The molecule has 0 aliphatic carbocycles. The monoisotopic (exact) mass is 504 g/mol. The highest BCUT2D eigenvalue weighted by Gasteiger charge is 2.31. The van der Waals surface area contributed by atoms with E-state index in [9.17, 15) is 9.59 Å². The van der Waals surface area contributed by atoms with Crippen LogP contribution in [0.5, 0.6) is 0 Å². The second-order valence-corrected chi connectivity index (χ2v) is 10.6. The van der Waals surface area contributed by atoms with Crippen LogP contribution < -0.4 is 0 Å². The van der Waals surface area contributed by atoms with E-state index < -0.39 is 0 Å². The summed E-state index contributed by atoms with van der Waals surface area (Å²) in [5, 5.41) is 4.07. The van der Waals surface area contributed by atoms with Crippen molar-refractivity contribution < 1.29 is 9.59 Å². The number of rotatable bonds is 6. The van der Waals surface area contributed by atoms with E-state index in [1.54, 1.807) is 22.7 Å². The fourth-order valence-corrected chi connectivity index (χ4v) is 6.13. The van der Waals surface area contributed by atoms with Gasteiger partial charge in [-0.1, -0.05) is 12.1 Å². The molecule has 0 saturated carbocycles. The molecule has 1 saturated heterocycles. The third-order valence-electron chi connectivity index (χ3n) is 6.55. The van der Waals surface area contributed by atoms with Gasteiger partial charge in [-0.3, -0.25) is 9.59 Å². The molecule has 4 heterocycles. The van der Waals surface area contributed by atoms with Gasteiger partial charge in [-0.05, 0) is 67.8 Å². The third-order valence-corrected chi connectivity index (χ3v) is 8.31. The molecule has 1 aromatic carbocycles. The van der Waals surface area contributed by atoms with Gasteiger partial charge in [-0.15, -0.1) is 22.7 Å². The van der Waals surface area contributed by atoms with Crippen LogP contribution in [0.25, 0.3) is 32.2 Å². The fraction of sp³-hybridized carbons (Fsp3) is 0.333. The molecule has 1 atom stereocenters. The van der Waals surface area contributed by atoms with E-state index in [0.29, 0.717) is 37.3 Å². The Balaban J connectivity index is 1.46. The van der Waals surface area contributed by atoms with E-state index in [2.05, 4.69) is 6.07 Å². The fourth-order valence-electron chi connectivity index (χ4n) is 4.70. The van der Waals surface area contributed by atoms with Crippen LogP contribution in [-0.4, -0.2) is 57.8 Å². The van der Waals surface area contributed by atoms with Crippen molar-refractivity contribution in [2.24, 2.45) is 5.92 Å². The first kappa shape index (κ1) is 23.6. The highest BCUT2D eigenvalue weighted by Crippen LogP contribution is 2.35. The van der Waals surface area contributed by atoms with Crippen LogP contribution in [0.2, 0.25) is 0 Å². The average molecular weight is 505 g/mol. The predicted molar refractivity (Wildman–Crippen MR) is 143 cm³/mol. The number of benzene rings is 1. The maximum atomic E-state index is 13.4. The third kappa shape index (κ3) is 4.73. The number of nitrogens with zero attached hydrogens (tertiary/aromatic N) is 4. The van der Waals surface area contributed by atoms with Gasteiger partial charge in [0.05, 0.1) is 26.7 Å². The van der Waals surface area contributed by atoms with Crippen molar-refractivity contribution >= 4 is 45.5 Å². The average Bonchev–Trinajstić information content (AvgIpc) is 3.63. The number of hydrogen-bond donors (Lipinski definition) is 0. The predicted octanol–water partition coefficient (Wildman–Crippen LogP) is 5.81. The summed E-state index contributed by atoms with van der Waals surface area (Å²) in [6, 6.07) is 13.7. The van der Waals surface area contributed by atoms with Crippen LogP contribution in [0.4, 0.5) is 0 Å². The zero-order chi connectivity index (χ0) is 24.4. The SMILES string of the molecule is CCN(CC)C(=O)[C@@H]1CCCN(C(=O)c2ccc3nc(-c4cccs4)c(-c4cccs4)nc3c2)C1. The molecule has 1 aliphatic heterocycles. The number of aromatic nitrogens is 2. The van der Waals surface area contributed by atoms with E-state index >= 15 is 0 Å². The summed E-state index contributed by atoms with van der Waals surface area (Å²) in [5.41, 5.74) is 3.75. The molecule has 0 N–H and O–H groups in total. The minimum atomic E-state index is -0.133. The van der Waals surface area contributed by atoms with Gasteiger partial charge in [0.2, 0.25) is 5.91 Å². The largest absolute Gasteiger partial charge is 0.343 e. The summed E-state index contributed by atoms with van der Waals surface area (Å²) in [5.74, 6) is -0.0315. The smallest absolute Gasteiger partial charge is 0.253 e. The van der Waals surface area contributed by atoms with Gasteiger partial charge in [0.15, 0.2) is 0 Å². The molecule has 8 heteroatoms. The Hall–Kier alpha value is -3.10. The highest BCUT2D eigenvalue weighted by molar-refractivity contribution is 7.14. The van der Waals surface area contributed by atoms with Crippen molar-refractivity contribution in [3.63, 3.8) is 0 Å². The Kier molecular flexibility index (Phi) is 6.92. The summed E-state index contributed by atoms with van der Waals surface area (Å²) in [6.07, 6.45) is 1.67. The van der Waals surface area contributed by atoms with Crippen LogP contribution in [0.3, 0.4) is 0 Å². The van der Waals surface area contributed by atoms with Crippen molar-refractivity contribution in [1.82, 2.24) is 19.8 Å². The summed E-state index contributed by atoms with van der Waals surface area (Å²) >= 11 is 3.27. The van der Waals surface area contributed by atoms with E-state index in [1.807, 2.05) is 70.8 Å². The zero-order valence-electron chi connectivity index (χ0n) is 19.9. The number of thiophene rings is 2. The van der Waals surface area contributed by atoms with Crippen molar-refractivity contribution in [3.8, 4) is 21.1 Å². The van der Waals surface area contributed by atoms with E-state index in [0.717, 1.165) is 39.5 Å². The molecule has 0 spiro atoms. The molecule has 6 nitrogen and oxygen atoms in total. The molecule has 5 rings (SSSR count). The molecule has 0 radical (unpaired) electrons. The van der Waals surface area contributed by atoms with Gasteiger partial charge in [0.1, 0.15) is 11.4 Å². The Labute approximate surface area is 213 Å². The number of hydrogen-bond acceptors (Lipinski definition) is 6. The van der Waals surface area contributed by atoms with Gasteiger partial charge in [-0.25, -0.2) is 9.97 Å². The summed E-state index contributed by atoms with van der Waals surface area (Å²) < 4.78 is 0. The second-order valence-electron chi connectivity index (χ2n) is 8.68. The molecular formula is C27H28N4O2S2. The summed E-state index contributed by atoms with van der Waals surface area (Å²) in [7, 11) is 0. The van der Waals surface area contributed by atoms with Gasteiger partial charge in [-0.2, -0.15) is 0 Å². The topological polar surface area (TPSA) is 66.4 Å². The van der Waals surface area contributed by atoms with Crippen LogP contribution in [0, 0.1) is 5.92 Å². The number of carbonyl (C=O) groups excluding carboxylic acids is 2. The standard InChI is InChI=1S/C27H28N4O2S2/c1-3-30(4-2)27(33)19-8-5-13-31(17-19)26(32)18-11-12-20-21(16-18)29-25(23-10-7-15-35-23)24(28-20)22-9-6-14-34-22/h6-7,9-12,14-16,19H,3-5,8,13,17H2,1-2H3/t19-/m1/s1. The molecule has 4 aromatic rings. The molecule has 0 bridgehead atoms. The van der Waals surface area contributed by atoms with Crippen LogP contribution in [0.15, 0.2) is 53.2 Å². The number of amides is 2. The zero-order valence-corrected chi connectivity index (χ0v) is 21.6. The molecule has 3 aromatic heterocycles. The Morgan fingerprint density at radius 3 is 2.23 bits per heavy atom. The summed E-state index contributed by atoms with van der Waals surface area (Å²) in [6.45, 7) is 6.53. The lowest BCUT2D eigenvalue weighted by molar-refractivity contribution is -0.136. The first-order chi connectivity index (χ1) is 17.1. The van der Waals surface area contributed by atoms with E-state index in [-0.39, 0.29) is 17.7 Å². The van der Waals surface area contributed by atoms with Gasteiger partial charge in [0, 0.05) is 31.7 Å². The Morgan fingerprint density at radius 1 is 0.971 bits per heavy atom. The van der Waals surface area contributed by atoms with Gasteiger partial charge >= 0.3 is 0 Å². The number of likely N-dealkylation sites (tertiary alicyclic amines) is 1. The molecule has 35 heavy (non-hydrogen) atoms. The van der Waals surface area contributed by atoms with E-state index in [1.165, 1.54) is 0 Å². The molecule has 1 aliphatic rings. The Morgan fingerprint density at radius 2 is 1.63 bits per heavy atom. The minimum absolute atomic E-state index is 0.0502. The van der Waals surface area contributed by atoms with Crippen molar-refractivity contribution in [2.45, 2.75) is 26.7 Å². The van der Waals surface area contributed by atoms with E-state index in [4.69, 9.17) is 9.97 Å².